The maximum absolute atomic E-state index is 12.1. The van der Waals surface area contributed by atoms with Crippen molar-refractivity contribution < 1.29 is 37.8 Å². The predicted octanol–water partition coefficient (Wildman–Crippen LogP) is -0.523. The number of tetrazole rings is 1. The molecule has 29 heavy (non-hydrogen) atoms. The maximum Gasteiger partial charge on any atom is 0.490 e. The van der Waals surface area contributed by atoms with Crippen LogP contribution in [0.4, 0.5) is 13.2 Å². The van der Waals surface area contributed by atoms with Crippen molar-refractivity contribution in [2.75, 3.05) is 12.3 Å². The van der Waals surface area contributed by atoms with Crippen LogP contribution in [0, 0.1) is 5.92 Å². The van der Waals surface area contributed by atoms with Crippen molar-refractivity contribution >= 4 is 29.6 Å². The Labute approximate surface area is 164 Å². The van der Waals surface area contributed by atoms with Crippen LogP contribution in [-0.4, -0.2) is 83.7 Å². The number of thioether (sulfide) groups is 1. The summed E-state index contributed by atoms with van der Waals surface area (Å²) in [5, 5.41) is 31.7. The van der Waals surface area contributed by atoms with Gasteiger partial charge in [-0.05, 0) is 29.0 Å². The van der Waals surface area contributed by atoms with Gasteiger partial charge >= 0.3 is 18.1 Å². The molecule has 3 aliphatic heterocycles. The number of aliphatic carboxylic acids is 2. The number of hydrogen-bond acceptors (Lipinski definition) is 8. The Hall–Kier alpha value is -2.68. The Kier molecular flexibility index (Phi) is 5.53. The Morgan fingerprint density at radius 1 is 1.34 bits per heavy atom. The number of β-lactam (4-membered cyclic amide) rings is 1. The van der Waals surface area contributed by atoms with Crippen LogP contribution in [0.3, 0.4) is 0 Å². The topological polar surface area (TPSA) is 151 Å². The summed E-state index contributed by atoms with van der Waals surface area (Å²) >= 11 is 1.40. The summed E-state index contributed by atoms with van der Waals surface area (Å²) in [7, 11) is 1.74. The third kappa shape index (κ3) is 3.78. The number of nitrogens with one attached hydrogen (secondary N) is 1. The number of rotatable bonds is 4. The number of hydrogen-bond donors (Lipinski definition) is 3. The zero-order valence-corrected chi connectivity index (χ0v) is 15.6. The number of alkyl halides is 3. The van der Waals surface area contributed by atoms with E-state index in [1.165, 1.54) is 16.7 Å². The monoisotopic (exact) mass is 436 g/mol. The Morgan fingerprint density at radius 3 is 2.52 bits per heavy atom. The maximum atomic E-state index is 12.1. The normalized spacial score (nSPS) is 25.2. The molecule has 3 aliphatic rings. The summed E-state index contributed by atoms with van der Waals surface area (Å²) in [6.45, 7) is 0.734. The molecule has 0 radical (unpaired) electrons. The standard InChI is InChI=1S/C12H14N6O3S.C2HF3O2/c1-17-12(14-15-16-17)22-4-6-5-2-3-13-7-8(5)18(10(7)19)9(6)11(20)21;3-2(4,5)1(6)7/h5,7-8,13H,2-4H2,1H3,(H,20,21);(H,6,7)/t5?,7-,8+;/m0./s1. The molecule has 15 heteroatoms. The Balaban J connectivity index is 0.000000298. The molecule has 3 atom stereocenters. The second kappa shape index (κ2) is 7.62. The molecular weight excluding hydrogens is 421 g/mol. The zero-order valence-electron chi connectivity index (χ0n) is 14.8. The minimum atomic E-state index is -5.08. The summed E-state index contributed by atoms with van der Waals surface area (Å²) in [6, 6.07) is -0.271. The fraction of sp³-hybridized carbons (Fsp3) is 0.571. The first kappa shape index (κ1) is 21.0. The second-order valence-corrected chi connectivity index (χ2v) is 7.32. The van der Waals surface area contributed by atoms with Crippen LogP contribution in [0.25, 0.3) is 0 Å². The number of carbonyl (C=O) groups excluding carboxylic acids is 1. The highest BCUT2D eigenvalue weighted by Crippen LogP contribution is 2.47. The summed E-state index contributed by atoms with van der Waals surface area (Å²) in [6.07, 6.45) is -4.24. The predicted molar refractivity (Wildman–Crippen MR) is 88.4 cm³/mol. The van der Waals surface area contributed by atoms with Crippen LogP contribution in [0.1, 0.15) is 6.42 Å². The zero-order chi connectivity index (χ0) is 21.5. The highest BCUT2D eigenvalue weighted by atomic mass is 32.2. The molecule has 0 saturated carbocycles. The van der Waals surface area contributed by atoms with E-state index in [1.54, 1.807) is 11.7 Å². The minimum Gasteiger partial charge on any atom is -0.477 e. The summed E-state index contributed by atoms with van der Waals surface area (Å²) in [5.74, 6) is -3.33. The van der Waals surface area contributed by atoms with E-state index in [1.807, 2.05) is 0 Å². The lowest BCUT2D eigenvalue weighted by Crippen LogP contribution is -2.71. The van der Waals surface area contributed by atoms with Gasteiger partial charge in [-0.1, -0.05) is 11.8 Å². The van der Waals surface area contributed by atoms with Gasteiger partial charge < -0.3 is 15.5 Å². The molecule has 2 fully saturated rings. The van der Waals surface area contributed by atoms with Crippen molar-refractivity contribution in [3.63, 3.8) is 0 Å². The van der Waals surface area contributed by atoms with E-state index in [2.05, 4.69) is 20.8 Å². The quantitative estimate of drug-likeness (QED) is 0.415. The molecule has 1 unspecified atom stereocenters. The van der Waals surface area contributed by atoms with Crippen LogP contribution in [-0.2, 0) is 21.4 Å². The number of carboxylic acid groups (broad SMARTS) is 2. The molecular formula is C14H15F3N6O5S. The van der Waals surface area contributed by atoms with Crippen LogP contribution in [0.2, 0.25) is 0 Å². The molecule has 1 aromatic heterocycles. The summed E-state index contributed by atoms with van der Waals surface area (Å²) in [4.78, 5) is 34.1. The fourth-order valence-corrected chi connectivity index (χ4v) is 4.52. The number of halogens is 3. The first-order valence-electron chi connectivity index (χ1n) is 8.22. The van der Waals surface area contributed by atoms with Gasteiger partial charge in [-0.15, -0.1) is 5.10 Å². The molecule has 4 heterocycles. The second-order valence-electron chi connectivity index (χ2n) is 6.38. The van der Waals surface area contributed by atoms with Crippen molar-refractivity contribution in [2.45, 2.75) is 29.8 Å². The van der Waals surface area contributed by atoms with E-state index in [0.717, 1.165) is 18.5 Å². The number of nitrogens with zero attached hydrogens (tertiary/aromatic N) is 5. The van der Waals surface area contributed by atoms with Crippen LogP contribution in [0.5, 0.6) is 0 Å². The minimum absolute atomic E-state index is 0.0411. The highest BCUT2D eigenvalue weighted by Gasteiger charge is 2.60. The third-order valence-corrected chi connectivity index (χ3v) is 5.81. The van der Waals surface area contributed by atoms with Gasteiger partial charge in [-0.25, -0.2) is 14.3 Å². The molecule has 11 nitrogen and oxygen atoms in total. The van der Waals surface area contributed by atoms with E-state index in [0.29, 0.717) is 10.9 Å². The molecule has 1 amide bonds. The molecule has 0 aliphatic carbocycles. The van der Waals surface area contributed by atoms with Crippen LogP contribution >= 0.6 is 11.8 Å². The number of aryl methyl sites for hydroxylation is 1. The molecule has 0 spiro atoms. The van der Waals surface area contributed by atoms with E-state index >= 15 is 0 Å². The first-order valence-corrected chi connectivity index (χ1v) is 9.20. The number of aromatic nitrogens is 4. The lowest BCUT2D eigenvalue weighted by Gasteiger charge is -2.48. The average molecular weight is 436 g/mol. The van der Waals surface area contributed by atoms with Crippen molar-refractivity contribution in [3.8, 4) is 0 Å². The van der Waals surface area contributed by atoms with Gasteiger partial charge in [0.15, 0.2) is 0 Å². The van der Waals surface area contributed by atoms with E-state index in [-0.39, 0.29) is 29.6 Å². The number of piperidine rings is 1. The summed E-state index contributed by atoms with van der Waals surface area (Å²) < 4.78 is 33.3. The molecule has 0 aromatic carbocycles. The Morgan fingerprint density at radius 2 is 2.00 bits per heavy atom. The third-order valence-electron chi connectivity index (χ3n) is 4.75. The molecule has 158 valence electrons. The van der Waals surface area contributed by atoms with Crippen molar-refractivity contribution in [1.29, 1.82) is 0 Å². The fourth-order valence-electron chi connectivity index (χ4n) is 3.57. The van der Waals surface area contributed by atoms with Crippen LogP contribution < -0.4 is 5.32 Å². The lowest BCUT2D eigenvalue weighted by molar-refractivity contribution is -0.192. The lowest BCUT2D eigenvalue weighted by atomic mass is 9.80. The smallest absolute Gasteiger partial charge is 0.477 e. The van der Waals surface area contributed by atoms with E-state index in [4.69, 9.17) is 9.90 Å². The SMILES string of the molecule is Cn1nnnc1SCC1=C(C(=O)O)N2C(=O)[C@H]3NCCC1[C@H]32.O=C(O)C(F)(F)F. The van der Waals surface area contributed by atoms with Gasteiger partial charge in [0.1, 0.15) is 11.7 Å². The number of carbonyl (C=O) groups is 3. The molecule has 4 rings (SSSR count). The van der Waals surface area contributed by atoms with Crippen molar-refractivity contribution in [3.05, 3.63) is 11.3 Å². The molecule has 3 N–H and O–H groups in total. The van der Waals surface area contributed by atoms with Gasteiger partial charge in [0.05, 0.1) is 6.04 Å². The Bertz CT molecular complexity index is 887. The number of carboxylic acids is 2. The van der Waals surface area contributed by atoms with E-state index < -0.39 is 18.1 Å². The van der Waals surface area contributed by atoms with Gasteiger partial charge in [0.2, 0.25) is 11.1 Å². The van der Waals surface area contributed by atoms with Gasteiger partial charge in [0, 0.05) is 18.7 Å². The highest BCUT2D eigenvalue weighted by molar-refractivity contribution is 7.99. The van der Waals surface area contributed by atoms with Gasteiger partial charge in [-0.2, -0.15) is 13.2 Å². The van der Waals surface area contributed by atoms with Gasteiger partial charge in [-0.3, -0.25) is 9.69 Å². The van der Waals surface area contributed by atoms with Gasteiger partial charge in [0.25, 0.3) is 0 Å². The van der Waals surface area contributed by atoms with Crippen LogP contribution in [0.15, 0.2) is 16.4 Å². The largest absolute Gasteiger partial charge is 0.490 e. The summed E-state index contributed by atoms with van der Waals surface area (Å²) in [5.41, 5.74) is 0.977. The molecule has 1 aromatic rings. The molecule has 0 bridgehead atoms. The van der Waals surface area contributed by atoms with E-state index in [9.17, 15) is 27.9 Å². The average Bonchev–Trinajstić information content (AvgIpc) is 3.19. The molecule has 2 saturated heterocycles. The number of amides is 1. The van der Waals surface area contributed by atoms with Crippen molar-refractivity contribution in [1.82, 2.24) is 30.4 Å². The first-order chi connectivity index (χ1) is 13.5. The van der Waals surface area contributed by atoms with Crippen molar-refractivity contribution in [2.24, 2.45) is 13.0 Å².